The second kappa shape index (κ2) is 8.22. The van der Waals surface area contributed by atoms with Crippen molar-refractivity contribution in [1.29, 1.82) is 0 Å². The highest BCUT2D eigenvalue weighted by Crippen LogP contribution is 2.34. The Balaban J connectivity index is 1.28. The van der Waals surface area contributed by atoms with E-state index >= 15 is 0 Å². The van der Waals surface area contributed by atoms with E-state index in [-0.39, 0.29) is 24.5 Å². The van der Waals surface area contributed by atoms with Crippen LogP contribution in [0.15, 0.2) is 46.9 Å². The number of likely N-dealkylation sites (tertiary alicyclic amines) is 1. The molecule has 28 heavy (non-hydrogen) atoms. The maximum absolute atomic E-state index is 12.6. The minimum atomic E-state index is -0.0952. The molecule has 0 saturated carbocycles. The van der Waals surface area contributed by atoms with Gasteiger partial charge in [-0.15, -0.1) is 0 Å². The highest BCUT2D eigenvalue weighted by Gasteiger charge is 2.27. The molecule has 146 valence electrons. The third-order valence-electron chi connectivity index (χ3n) is 5.13. The van der Waals surface area contributed by atoms with Crippen LogP contribution >= 0.6 is 15.9 Å². The number of rotatable bonds is 4. The molecule has 2 heterocycles. The van der Waals surface area contributed by atoms with E-state index in [0.29, 0.717) is 49.5 Å². The Kier molecular flexibility index (Phi) is 5.52. The summed E-state index contributed by atoms with van der Waals surface area (Å²) in [6.07, 6.45) is 1.73. The lowest BCUT2D eigenvalue weighted by molar-refractivity contribution is -0.133. The normalized spacial score (nSPS) is 16.1. The van der Waals surface area contributed by atoms with Crippen LogP contribution in [-0.4, -0.2) is 36.6 Å². The molecule has 0 unspecified atom stereocenters. The van der Waals surface area contributed by atoms with Gasteiger partial charge in [0.2, 0.25) is 18.6 Å². The fourth-order valence-electron chi connectivity index (χ4n) is 3.50. The van der Waals surface area contributed by atoms with Crippen LogP contribution in [-0.2, 0) is 16.0 Å². The van der Waals surface area contributed by atoms with Gasteiger partial charge >= 0.3 is 0 Å². The number of fused-ring (bicyclic) bond motifs is 1. The van der Waals surface area contributed by atoms with Crippen molar-refractivity contribution in [2.75, 3.05) is 25.2 Å². The van der Waals surface area contributed by atoms with Crippen molar-refractivity contribution < 1.29 is 19.1 Å². The van der Waals surface area contributed by atoms with E-state index in [0.717, 1.165) is 10.0 Å². The van der Waals surface area contributed by atoms with E-state index in [9.17, 15) is 9.59 Å². The first-order chi connectivity index (χ1) is 13.6. The fourth-order valence-corrected chi connectivity index (χ4v) is 3.76. The number of piperidine rings is 1. The second-order valence-electron chi connectivity index (χ2n) is 7.02. The summed E-state index contributed by atoms with van der Waals surface area (Å²) in [5.74, 6) is 1.33. The van der Waals surface area contributed by atoms with Gasteiger partial charge in [-0.2, -0.15) is 0 Å². The third-order valence-corrected chi connectivity index (χ3v) is 5.66. The Morgan fingerprint density at radius 1 is 1.04 bits per heavy atom. The first-order valence-corrected chi connectivity index (χ1v) is 10.1. The van der Waals surface area contributed by atoms with Crippen LogP contribution in [0.4, 0.5) is 5.69 Å². The van der Waals surface area contributed by atoms with Crippen molar-refractivity contribution in [3.8, 4) is 11.5 Å². The predicted molar refractivity (Wildman–Crippen MR) is 108 cm³/mol. The zero-order valence-corrected chi connectivity index (χ0v) is 16.9. The molecule has 0 atom stereocenters. The molecular weight excluding hydrogens is 424 g/mol. The SMILES string of the molecule is O=C(Nc1ccc2c(c1)OCO2)C1CCN(C(=O)Cc2ccc(Br)cc2)CC1. The quantitative estimate of drug-likeness (QED) is 0.781. The average Bonchev–Trinajstić information content (AvgIpc) is 3.17. The predicted octanol–water partition coefficient (Wildman–Crippen LogP) is 3.60. The van der Waals surface area contributed by atoms with Crippen LogP contribution in [0.25, 0.3) is 0 Å². The van der Waals surface area contributed by atoms with Gasteiger partial charge in [0.1, 0.15) is 0 Å². The van der Waals surface area contributed by atoms with Crippen LogP contribution in [0.1, 0.15) is 18.4 Å². The number of halogens is 1. The maximum Gasteiger partial charge on any atom is 0.231 e. The molecule has 0 aromatic heterocycles. The Hall–Kier alpha value is -2.54. The highest BCUT2D eigenvalue weighted by molar-refractivity contribution is 9.10. The second-order valence-corrected chi connectivity index (χ2v) is 7.93. The summed E-state index contributed by atoms with van der Waals surface area (Å²) in [6.45, 7) is 1.42. The van der Waals surface area contributed by atoms with Gasteiger partial charge in [-0.1, -0.05) is 28.1 Å². The topological polar surface area (TPSA) is 67.9 Å². The van der Waals surface area contributed by atoms with E-state index in [1.54, 1.807) is 12.1 Å². The molecule has 2 aromatic rings. The zero-order valence-electron chi connectivity index (χ0n) is 15.3. The molecule has 2 amide bonds. The molecular formula is C21H21BrN2O4. The fraction of sp³-hybridized carbons (Fsp3) is 0.333. The molecule has 0 aliphatic carbocycles. The van der Waals surface area contributed by atoms with Crippen molar-refractivity contribution in [2.24, 2.45) is 5.92 Å². The standard InChI is InChI=1S/C21H21BrN2O4/c22-16-3-1-14(2-4-16)11-20(25)24-9-7-15(8-10-24)21(26)23-17-5-6-18-19(12-17)28-13-27-18/h1-6,12,15H,7-11,13H2,(H,23,26). The van der Waals surface area contributed by atoms with Gasteiger partial charge < -0.3 is 19.7 Å². The number of benzene rings is 2. The van der Waals surface area contributed by atoms with Crippen LogP contribution in [0, 0.1) is 5.92 Å². The lowest BCUT2D eigenvalue weighted by Crippen LogP contribution is -2.42. The molecule has 2 aromatic carbocycles. The number of carbonyl (C=O) groups is 2. The minimum Gasteiger partial charge on any atom is -0.454 e. The Bertz CT molecular complexity index is 876. The van der Waals surface area contributed by atoms with Crippen molar-refractivity contribution in [3.05, 3.63) is 52.5 Å². The molecule has 7 heteroatoms. The number of amides is 2. The van der Waals surface area contributed by atoms with Crippen molar-refractivity contribution in [3.63, 3.8) is 0 Å². The van der Waals surface area contributed by atoms with Gasteiger partial charge in [0.05, 0.1) is 6.42 Å². The summed E-state index contributed by atoms with van der Waals surface area (Å²) < 4.78 is 11.6. The van der Waals surface area contributed by atoms with Crippen LogP contribution in [0.3, 0.4) is 0 Å². The molecule has 4 rings (SSSR count). The number of carbonyl (C=O) groups excluding carboxylic acids is 2. The van der Waals surface area contributed by atoms with Crippen LogP contribution < -0.4 is 14.8 Å². The molecule has 2 aliphatic rings. The van der Waals surface area contributed by atoms with Crippen molar-refractivity contribution in [2.45, 2.75) is 19.3 Å². The first kappa shape index (κ1) is 18.8. The highest BCUT2D eigenvalue weighted by atomic mass is 79.9. The lowest BCUT2D eigenvalue weighted by Gasteiger charge is -2.31. The summed E-state index contributed by atoms with van der Waals surface area (Å²) >= 11 is 3.40. The zero-order chi connectivity index (χ0) is 19.5. The molecule has 6 nitrogen and oxygen atoms in total. The van der Waals surface area contributed by atoms with Gasteiger partial charge in [0, 0.05) is 35.2 Å². The van der Waals surface area contributed by atoms with Crippen LogP contribution in [0.5, 0.6) is 11.5 Å². The summed E-state index contributed by atoms with van der Waals surface area (Å²) in [4.78, 5) is 26.9. The maximum atomic E-state index is 12.6. The number of nitrogens with one attached hydrogen (secondary N) is 1. The monoisotopic (exact) mass is 444 g/mol. The van der Waals surface area contributed by atoms with Crippen molar-refractivity contribution >= 4 is 33.4 Å². The molecule has 0 spiro atoms. The number of anilines is 1. The number of ether oxygens (including phenoxy) is 2. The van der Waals surface area contributed by atoms with Crippen molar-refractivity contribution in [1.82, 2.24) is 4.90 Å². The van der Waals surface area contributed by atoms with Gasteiger partial charge in [-0.25, -0.2) is 0 Å². The molecule has 1 N–H and O–H groups in total. The van der Waals surface area contributed by atoms with Crippen LogP contribution in [0.2, 0.25) is 0 Å². The Labute approximate surface area is 171 Å². The molecule has 0 radical (unpaired) electrons. The molecule has 1 saturated heterocycles. The lowest BCUT2D eigenvalue weighted by atomic mass is 9.95. The average molecular weight is 445 g/mol. The summed E-state index contributed by atoms with van der Waals surface area (Å²) in [5.41, 5.74) is 1.69. The van der Waals surface area contributed by atoms with E-state index in [1.807, 2.05) is 35.2 Å². The van der Waals surface area contributed by atoms with E-state index in [4.69, 9.17) is 9.47 Å². The Morgan fingerprint density at radius 2 is 1.75 bits per heavy atom. The first-order valence-electron chi connectivity index (χ1n) is 9.31. The number of hydrogen-bond donors (Lipinski definition) is 1. The molecule has 0 bridgehead atoms. The summed E-state index contributed by atoms with van der Waals surface area (Å²) in [7, 11) is 0. The van der Waals surface area contributed by atoms with E-state index in [2.05, 4.69) is 21.2 Å². The summed E-state index contributed by atoms with van der Waals surface area (Å²) in [6, 6.07) is 13.2. The van der Waals surface area contributed by atoms with E-state index < -0.39 is 0 Å². The number of hydrogen-bond acceptors (Lipinski definition) is 4. The van der Waals surface area contributed by atoms with Gasteiger partial charge in [-0.3, -0.25) is 9.59 Å². The van der Waals surface area contributed by atoms with Gasteiger partial charge in [-0.05, 0) is 42.7 Å². The largest absolute Gasteiger partial charge is 0.454 e. The smallest absolute Gasteiger partial charge is 0.231 e. The summed E-state index contributed by atoms with van der Waals surface area (Å²) in [5, 5.41) is 2.95. The Morgan fingerprint density at radius 3 is 2.50 bits per heavy atom. The number of nitrogens with zero attached hydrogens (tertiary/aromatic N) is 1. The molecule has 1 fully saturated rings. The third kappa shape index (κ3) is 4.30. The molecule has 2 aliphatic heterocycles. The van der Waals surface area contributed by atoms with Gasteiger partial charge in [0.15, 0.2) is 11.5 Å². The minimum absolute atomic E-state index is 0.0149. The van der Waals surface area contributed by atoms with Gasteiger partial charge in [0.25, 0.3) is 0 Å². The van der Waals surface area contributed by atoms with E-state index in [1.165, 1.54) is 0 Å².